The predicted molar refractivity (Wildman–Crippen MR) is 101 cm³/mol. The number of methoxy groups -OCH3 is 2. The number of carbonyl (C=O) groups excluding carboxylic acids is 1. The number of rotatable bonds is 8. The number of nitrogens with one attached hydrogen (secondary N) is 1. The van der Waals surface area contributed by atoms with Gasteiger partial charge in [0, 0.05) is 35.9 Å². The molecule has 0 radical (unpaired) electrons. The van der Waals surface area contributed by atoms with Crippen molar-refractivity contribution < 1.29 is 14.3 Å². The minimum atomic E-state index is -0.103. The molecule has 1 N–H and O–H groups in total. The molecule has 0 saturated carbocycles. The third-order valence-electron chi connectivity index (χ3n) is 3.88. The summed E-state index contributed by atoms with van der Waals surface area (Å²) in [6.45, 7) is 0.509. The lowest BCUT2D eigenvalue weighted by Crippen LogP contribution is -2.13. The average molecular weight is 367 g/mol. The van der Waals surface area contributed by atoms with Crippen LogP contribution in [0.5, 0.6) is 11.5 Å². The van der Waals surface area contributed by atoms with Crippen molar-refractivity contribution in [3.8, 4) is 22.9 Å². The Kier molecular flexibility index (Phi) is 5.98. The Balaban J connectivity index is 1.51. The normalized spacial score (nSPS) is 10.4. The Morgan fingerprint density at radius 3 is 2.44 bits per heavy atom. The molecule has 0 fully saturated rings. The summed E-state index contributed by atoms with van der Waals surface area (Å²) in [6.07, 6.45) is 0.930. The topological polar surface area (TPSA) is 91.2 Å². The maximum Gasteiger partial charge on any atom is 0.224 e. The number of nitrogens with zero attached hydrogens (tertiary/aromatic N) is 4. The summed E-state index contributed by atoms with van der Waals surface area (Å²) >= 11 is 0. The fourth-order valence-electron chi connectivity index (χ4n) is 2.52. The molecule has 27 heavy (non-hydrogen) atoms. The largest absolute Gasteiger partial charge is 0.497 e. The predicted octanol–water partition coefficient (Wildman–Crippen LogP) is 2.78. The Bertz CT molecular complexity index is 873. The van der Waals surface area contributed by atoms with E-state index in [2.05, 4.69) is 20.7 Å². The Morgan fingerprint density at radius 1 is 1.07 bits per heavy atom. The van der Waals surface area contributed by atoms with Crippen molar-refractivity contribution >= 4 is 11.6 Å². The van der Waals surface area contributed by atoms with Crippen LogP contribution in [0.15, 0.2) is 48.5 Å². The quantitative estimate of drug-likeness (QED) is 0.658. The Morgan fingerprint density at radius 2 is 1.78 bits per heavy atom. The number of carbonyl (C=O) groups is 1. The molecular formula is C19H21N5O3. The molecule has 3 aromatic rings. The molecule has 0 aliphatic rings. The zero-order valence-corrected chi connectivity index (χ0v) is 15.3. The molecule has 0 aliphatic carbocycles. The van der Waals surface area contributed by atoms with Crippen LogP contribution in [0, 0.1) is 0 Å². The van der Waals surface area contributed by atoms with Crippen LogP contribution < -0.4 is 14.8 Å². The molecule has 0 aliphatic heterocycles. The number of ether oxygens (including phenoxy) is 2. The number of hydrogen-bond acceptors (Lipinski definition) is 6. The van der Waals surface area contributed by atoms with Crippen LogP contribution in [0.2, 0.25) is 0 Å². The van der Waals surface area contributed by atoms with Crippen molar-refractivity contribution in [2.45, 2.75) is 19.4 Å². The van der Waals surface area contributed by atoms with Crippen molar-refractivity contribution in [3.63, 3.8) is 0 Å². The van der Waals surface area contributed by atoms with Crippen LogP contribution in [0.1, 0.15) is 12.8 Å². The average Bonchev–Trinajstić information content (AvgIpc) is 3.17. The van der Waals surface area contributed by atoms with Gasteiger partial charge in [-0.1, -0.05) is 30.3 Å². The number of amides is 1. The SMILES string of the molecule is COc1cc(NC(=O)CCCn2nnc(-c3ccccc3)n2)cc(OC)c1. The summed E-state index contributed by atoms with van der Waals surface area (Å²) in [5.74, 6) is 1.70. The molecule has 0 unspecified atom stereocenters. The number of aryl methyl sites for hydroxylation is 1. The van der Waals surface area contributed by atoms with Gasteiger partial charge < -0.3 is 14.8 Å². The minimum absolute atomic E-state index is 0.103. The molecule has 8 nitrogen and oxygen atoms in total. The smallest absolute Gasteiger partial charge is 0.224 e. The van der Waals surface area contributed by atoms with Crippen LogP contribution in [0.25, 0.3) is 11.4 Å². The van der Waals surface area contributed by atoms with E-state index in [0.29, 0.717) is 42.4 Å². The summed E-state index contributed by atoms with van der Waals surface area (Å²) in [7, 11) is 3.13. The summed E-state index contributed by atoms with van der Waals surface area (Å²) in [5, 5.41) is 15.3. The Labute approximate surface area is 157 Å². The first-order chi connectivity index (χ1) is 13.2. The van der Waals surface area contributed by atoms with E-state index in [4.69, 9.17) is 9.47 Å². The van der Waals surface area contributed by atoms with E-state index in [9.17, 15) is 4.79 Å². The molecule has 2 aromatic carbocycles. The lowest BCUT2D eigenvalue weighted by atomic mass is 10.2. The van der Waals surface area contributed by atoms with Crippen molar-refractivity contribution in [1.29, 1.82) is 0 Å². The van der Waals surface area contributed by atoms with Crippen LogP contribution in [-0.2, 0) is 11.3 Å². The van der Waals surface area contributed by atoms with Gasteiger partial charge in [-0.05, 0) is 11.6 Å². The highest BCUT2D eigenvalue weighted by Gasteiger charge is 2.08. The van der Waals surface area contributed by atoms with Gasteiger partial charge in [-0.3, -0.25) is 4.79 Å². The van der Waals surface area contributed by atoms with Gasteiger partial charge in [-0.2, -0.15) is 4.80 Å². The van der Waals surface area contributed by atoms with Gasteiger partial charge in [-0.25, -0.2) is 0 Å². The second-order valence-corrected chi connectivity index (χ2v) is 5.83. The van der Waals surface area contributed by atoms with E-state index < -0.39 is 0 Å². The van der Waals surface area contributed by atoms with Crippen LogP contribution in [-0.4, -0.2) is 40.3 Å². The lowest BCUT2D eigenvalue weighted by molar-refractivity contribution is -0.116. The number of aromatic nitrogens is 4. The zero-order valence-electron chi connectivity index (χ0n) is 15.3. The van der Waals surface area contributed by atoms with E-state index >= 15 is 0 Å². The molecule has 8 heteroatoms. The van der Waals surface area contributed by atoms with Crippen molar-refractivity contribution in [3.05, 3.63) is 48.5 Å². The summed E-state index contributed by atoms with van der Waals surface area (Å²) in [6, 6.07) is 14.9. The van der Waals surface area contributed by atoms with Crippen LogP contribution >= 0.6 is 0 Å². The van der Waals surface area contributed by atoms with E-state index in [0.717, 1.165) is 5.56 Å². The van der Waals surface area contributed by atoms with E-state index in [-0.39, 0.29) is 5.91 Å². The number of hydrogen-bond donors (Lipinski definition) is 1. The van der Waals surface area contributed by atoms with E-state index in [1.54, 1.807) is 32.4 Å². The van der Waals surface area contributed by atoms with E-state index in [1.165, 1.54) is 4.80 Å². The second kappa shape index (κ2) is 8.79. The standard InChI is InChI=1S/C19H21N5O3/c1-26-16-11-15(12-17(13-16)27-2)20-18(25)9-6-10-24-22-19(21-23-24)14-7-4-3-5-8-14/h3-5,7-8,11-13H,6,9-10H2,1-2H3,(H,20,25). The van der Waals surface area contributed by atoms with Crippen LogP contribution in [0.3, 0.4) is 0 Å². The van der Waals surface area contributed by atoms with Crippen molar-refractivity contribution in [2.75, 3.05) is 19.5 Å². The third kappa shape index (κ3) is 5.04. The molecule has 0 atom stereocenters. The molecular weight excluding hydrogens is 346 g/mol. The fraction of sp³-hybridized carbons (Fsp3) is 0.263. The highest BCUT2D eigenvalue weighted by Crippen LogP contribution is 2.25. The summed E-state index contributed by atoms with van der Waals surface area (Å²) in [4.78, 5) is 13.7. The van der Waals surface area contributed by atoms with Gasteiger partial charge in [0.05, 0.1) is 20.8 Å². The van der Waals surface area contributed by atoms with E-state index in [1.807, 2.05) is 30.3 Å². The molecule has 1 aromatic heterocycles. The number of benzene rings is 2. The first kappa shape index (κ1) is 18.4. The lowest BCUT2D eigenvalue weighted by Gasteiger charge is -2.09. The van der Waals surface area contributed by atoms with Gasteiger partial charge >= 0.3 is 0 Å². The monoisotopic (exact) mass is 367 g/mol. The molecule has 1 heterocycles. The molecule has 0 spiro atoms. The van der Waals surface area contributed by atoms with Crippen LogP contribution in [0.4, 0.5) is 5.69 Å². The maximum absolute atomic E-state index is 12.2. The number of anilines is 1. The number of tetrazole rings is 1. The molecule has 140 valence electrons. The maximum atomic E-state index is 12.2. The van der Waals surface area contributed by atoms with Crippen molar-refractivity contribution in [2.24, 2.45) is 0 Å². The zero-order chi connectivity index (χ0) is 19.1. The molecule has 3 rings (SSSR count). The van der Waals surface area contributed by atoms with Gasteiger partial charge in [0.1, 0.15) is 11.5 Å². The molecule has 0 saturated heterocycles. The van der Waals surface area contributed by atoms with Gasteiger partial charge in [0.25, 0.3) is 0 Å². The highest BCUT2D eigenvalue weighted by atomic mass is 16.5. The summed E-state index contributed by atoms with van der Waals surface area (Å²) in [5.41, 5.74) is 1.54. The fourth-order valence-corrected chi connectivity index (χ4v) is 2.52. The van der Waals surface area contributed by atoms with Gasteiger partial charge in [-0.15, -0.1) is 10.2 Å². The first-order valence-corrected chi connectivity index (χ1v) is 8.54. The third-order valence-corrected chi connectivity index (χ3v) is 3.88. The van der Waals surface area contributed by atoms with Gasteiger partial charge in [0.2, 0.25) is 11.7 Å². The first-order valence-electron chi connectivity index (χ1n) is 8.54. The Hall–Kier alpha value is -3.42. The molecule has 0 bridgehead atoms. The van der Waals surface area contributed by atoms with Crippen molar-refractivity contribution in [1.82, 2.24) is 20.2 Å². The summed E-state index contributed by atoms with van der Waals surface area (Å²) < 4.78 is 10.4. The second-order valence-electron chi connectivity index (χ2n) is 5.83. The molecule has 1 amide bonds. The van der Waals surface area contributed by atoms with Gasteiger partial charge in [0.15, 0.2) is 0 Å². The minimum Gasteiger partial charge on any atom is -0.497 e. The highest BCUT2D eigenvalue weighted by molar-refractivity contribution is 5.91.